The van der Waals surface area contributed by atoms with Gasteiger partial charge in [0.25, 0.3) is 11.8 Å². The van der Waals surface area contributed by atoms with Crippen LogP contribution in [0, 0.1) is 0 Å². The number of carbonyl (C=O) groups excluding carboxylic acids is 3. The number of hydrogen-bond acceptors (Lipinski definition) is 5. The predicted octanol–water partition coefficient (Wildman–Crippen LogP) is 3.55. The molecule has 1 aliphatic rings. The number of rotatable bonds is 7. The van der Waals surface area contributed by atoms with Crippen LogP contribution in [-0.4, -0.2) is 42.9 Å². The fraction of sp³-hybridized carbons (Fsp3) is 0.160. The Balaban J connectivity index is 1.68. The average molecular weight is 430 g/mol. The molecule has 1 heterocycles. The van der Waals surface area contributed by atoms with Crippen LogP contribution in [0.25, 0.3) is 0 Å². The van der Waals surface area contributed by atoms with Gasteiger partial charge in [0.1, 0.15) is 17.5 Å². The molecule has 0 spiro atoms. The van der Waals surface area contributed by atoms with Crippen molar-refractivity contribution < 1.29 is 23.9 Å². The second-order valence-corrected chi connectivity index (χ2v) is 7.32. The molecule has 0 saturated heterocycles. The smallest absolute Gasteiger partial charge is 0.262 e. The summed E-state index contributed by atoms with van der Waals surface area (Å²) in [6.07, 6.45) is 0.180. The Morgan fingerprint density at radius 1 is 0.844 bits per heavy atom. The number of benzene rings is 3. The highest BCUT2D eigenvalue weighted by molar-refractivity contribution is 6.23. The molecule has 3 amide bonds. The van der Waals surface area contributed by atoms with Crippen LogP contribution in [-0.2, 0) is 11.2 Å². The number of anilines is 1. The third kappa shape index (κ3) is 4.05. The highest BCUT2D eigenvalue weighted by atomic mass is 16.5. The van der Waals surface area contributed by atoms with Crippen molar-refractivity contribution in [1.29, 1.82) is 0 Å². The Labute approximate surface area is 185 Å². The molecule has 0 aliphatic carbocycles. The first-order valence-corrected chi connectivity index (χ1v) is 10.1. The third-order valence-electron chi connectivity index (χ3n) is 5.33. The maximum absolute atomic E-state index is 13.4. The van der Waals surface area contributed by atoms with E-state index < -0.39 is 23.8 Å². The number of fused-ring (bicyclic) bond motifs is 1. The van der Waals surface area contributed by atoms with Crippen molar-refractivity contribution in [2.75, 3.05) is 19.5 Å². The van der Waals surface area contributed by atoms with Crippen molar-refractivity contribution >= 4 is 23.4 Å². The first kappa shape index (κ1) is 21.1. The lowest BCUT2D eigenvalue weighted by molar-refractivity contribution is -0.119. The first-order chi connectivity index (χ1) is 15.5. The Bertz CT molecular complexity index is 1120. The van der Waals surface area contributed by atoms with Gasteiger partial charge in [-0.05, 0) is 17.7 Å². The zero-order chi connectivity index (χ0) is 22.7. The molecule has 0 bridgehead atoms. The summed E-state index contributed by atoms with van der Waals surface area (Å²) in [7, 11) is 3.02. The zero-order valence-electron chi connectivity index (χ0n) is 17.7. The van der Waals surface area contributed by atoms with E-state index in [1.807, 2.05) is 30.3 Å². The van der Waals surface area contributed by atoms with E-state index in [9.17, 15) is 14.4 Å². The van der Waals surface area contributed by atoms with Gasteiger partial charge in [0.2, 0.25) is 5.91 Å². The Hall–Kier alpha value is -4.13. The van der Waals surface area contributed by atoms with Crippen molar-refractivity contribution in [2.45, 2.75) is 12.5 Å². The predicted molar refractivity (Wildman–Crippen MR) is 119 cm³/mol. The molecule has 1 unspecified atom stereocenters. The van der Waals surface area contributed by atoms with Crippen LogP contribution in [0.2, 0.25) is 0 Å². The third-order valence-corrected chi connectivity index (χ3v) is 5.33. The van der Waals surface area contributed by atoms with Gasteiger partial charge in [-0.1, -0.05) is 42.5 Å². The second-order valence-electron chi connectivity index (χ2n) is 7.32. The molecule has 0 radical (unpaired) electrons. The number of ether oxygens (including phenoxy) is 2. The van der Waals surface area contributed by atoms with E-state index in [4.69, 9.17) is 9.47 Å². The van der Waals surface area contributed by atoms with Crippen LogP contribution in [0.4, 0.5) is 5.69 Å². The minimum absolute atomic E-state index is 0.180. The van der Waals surface area contributed by atoms with Crippen LogP contribution in [0.1, 0.15) is 26.3 Å². The van der Waals surface area contributed by atoms with E-state index >= 15 is 0 Å². The van der Waals surface area contributed by atoms with E-state index in [1.54, 1.807) is 42.5 Å². The standard InChI is InChI=1S/C25H22N2O5/c1-31-18-13-17(14-19(15-18)32-2)26-23(28)22(12-16-8-4-3-5-9-16)27-24(29)20-10-6-7-11-21(20)25(27)30/h3-11,13-15,22H,12H2,1-2H3,(H,26,28). The van der Waals surface area contributed by atoms with Gasteiger partial charge in [-0.15, -0.1) is 0 Å². The molecule has 4 rings (SSSR count). The molecule has 0 fully saturated rings. The quantitative estimate of drug-likeness (QED) is 0.580. The van der Waals surface area contributed by atoms with Crippen LogP contribution in [0.5, 0.6) is 11.5 Å². The number of carbonyl (C=O) groups is 3. The topological polar surface area (TPSA) is 84.9 Å². The van der Waals surface area contributed by atoms with Crippen molar-refractivity contribution in [2.24, 2.45) is 0 Å². The molecular formula is C25H22N2O5. The SMILES string of the molecule is COc1cc(NC(=O)C(Cc2ccccc2)N2C(=O)c3ccccc3C2=O)cc(OC)c1. The van der Waals surface area contributed by atoms with Gasteiger partial charge in [-0.2, -0.15) is 0 Å². The van der Waals surface area contributed by atoms with Gasteiger partial charge < -0.3 is 14.8 Å². The Morgan fingerprint density at radius 3 is 1.91 bits per heavy atom. The van der Waals surface area contributed by atoms with E-state index in [0.29, 0.717) is 28.3 Å². The maximum atomic E-state index is 13.4. The molecule has 7 heteroatoms. The number of hydrogen-bond donors (Lipinski definition) is 1. The highest BCUT2D eigenvalue weighted by Crippen LogP contribution is 2.29. The molecule has 162 valence electrons. The van der Waals surface area contributed by atoms with Gasteiger partial charge in [0, 0.05) is 30.3 Å². The average Bonchev–Trinajstić information content (AvgIpc) is 3.08. The monoisotopic (exact) mass is 430 g/mol. The fourth-order valence-electron chi connectivity index (χ4n) is 3.73. The molecule has 0 aromatic heterocycles. The first-order valence-electron chi connectivity index (χ1n) is 10.1. The van der Waals surface area contributed by atoms with Gasteiger partial charge >= 0.3 is 0 Å². The molecule has 3 aromatic rings. The van der Waals surface area contributed by atoms with Gasteiger partial charge in [-0.25, -0.2) is 0 Å². The second kappa shape index (κ2) is 8.93. The summed E-state index contributed by atoms with van der Waals surface area (Å²) in [5, 5.41) is 2.81. The molecule has 1 aliphatic heterocycles. The maximum Gasteiger partial charge on any atom is 0.262 e. The van der Waals surface area contributed by atoms with Crippen LogP contribution < -0.4 is 14.8 Å². The summed E-state index contributed by atoms with van der Waals surface area (Å²) in [6, 6.07) is 19.8. The number of nitrogens with one attached hydrogen (secondary N) is 1. The normalized spacial score (nSPS) is 13.5. The van der Waals surface area contributed by atoms with Gasteiger partial charge in [0.05, 0.1) is 25.3 Å². The Morgan fingerprint density at radius 2 is 1.38 bits per heavy atom. The van der Waals surface area contributed by atoms with Crippen molar-refractivity contribution in [3.05, 3.63) is 89.5 Å². The Kier molecular flexibility index (Phi) is 5.89. The fourth-order valence-corrected chi connectivity index (χ4v) is 3.73. The van der Waals surface area contributed by atoms with Crippen LogP contribution >= 0.6 is 0 Å². The van der Waals surface area contributed by atoms with Crippen molar-refractivity contribution in [1.82, 2.24) is 4.90 Å². The summed E-state index contributed by atoms with van der Waals surface area (Å²) in [6.45, 7) is 0. The molecular weight excluding hydrogens is 408 g/mol. The van der Waals surface area contributed by atoms with Gasteiger partial charge in [-0.3, -0.25) is 19.3 Å². The lowest BCUT2D eigenvalue weighted by atomic mass is 10.0. The number of methoxy groups -OCH3 is 2. The molecule has 32 heavy (non-hydrogen) atoms. The summed E-state index contributed by atoms with van der Waals surface area (Å²) in [5.74, 6) is -0.451. The number of nitrogens with zero attached hydrogens (tertiary/aromatic N) is 1. The lowest BCUT2D eigenvalue weighted by Crippen LogP contribution is -2.48. The van der Waals surface area contributed by atoms with E-state index in [1.165, 1.54) is 14.2 Å². The molecule has 3 aromatic carbocycles. The van der Waals surface area contributed by atoms with E-state index in [0.717, 1.165) is 10.5 Å². The summed E-state index contributed by atoms with van der Waals surface area (Å²) in [5.41, 5.74) is 1.85. The highest BCUT2D eigenvalue weighted by Gasteiger charge is 2.42. The minimum Gasteiger partial charge on any atom is -0.497 e. The lowest BCUT2D eigenvalue weighted by Gasteiger charge is -2.25. The minimum atomic E-state index is -1.04. The molecule has 0 saturated carbocycles. The largest absolute Gasteiger partial charge is 0.497 e. The molecule has 1 atom stereocenters. The molecule has 1 N–H and O–H groups in total. The van der Waals surface area contributed by atoms with Crippen LogP contribution in [0.3, 0.4) is 0 Å². The summed E-state index contributed by atoms with van der Waals surface area (Å²) in [4.78, 5) is 40.6. The van der Waals surface area contributed by atoms with Crippen molar-refractivity contribution in [3.8, 4) is 11.5 Å². The summed E-state index contributed by atoms with van der Waals surface area (Å²) < 4.78 is 10.5. The van der Waals surface area contributed by atoms with E-state index in [-0.39, 0.29) is 6.42 Å². The molecule has 7 nitrogen and oxygen atoms in total. The van der Waals surface area contributed by atoms with Crippen molar-refractivity contribution in [3.63, 3.8) is 0 Å². The summed E-state index contributed by atoms with van der Waals surface area (Å²) >= 11 is 0. The number of imide groups is 1. The zero-order valence-corrected chi connectivity index (χ0v) is 17.7. The van der Waals surface area contributed by atoms with E-state index in [2.05, 4.69) is 5.32 Å². The van der Waals surface area contributed by atoms with Gasteiger partial charge in [0.15, 0.2) is 0 Å². The van der Waals surface area contributed by atoms with Crippen LogP contribution in [0.15, 0.2) is 72.8 Å². The number of amides is 3.